The van der Waals surface area contributed by atoms with Crippen molar-refractivity contribution >= 4 is 75.8 Å². The van der Waals surface area contributed by atoms with Crippen LogP contribution in [0, 0.1) is 4.64 Å². The summed E-state index contributed by atoms with van der Waals surface area (Å²) in [5.41, 5.74) is 6.24. The monoisotopic (exact) mass is 1060 g/mol. The zero-order valence-corrected chi connectivity index (χ0v) is 42.4. The minimum Gasteiger partial charge on any atom is -0.507 e. The number of ketones is 2. The maximum absolute atomic E-state index is 14.1. The zero-order chi connectivity index (χ0) is 53.1. The van der Waals surface area contributed by atoms with E-state index in [0.717, 1.165) is 42.4 Å². The summed E-state index contributed by atoms with van der Waals surface area (Å²) in [7, 11) is 4.80. The molecule has 2 aliphatic heterocycles. The van der Waals surface area contributed by atoms with Crippen molar-refractivity contribution < 1.29 is 69.1 Å². The van der Waals surface area contributed by atoms with E-state index in [1.165, 1.54) is 25.6 Å². The molecule has 2 aromatic heterocycles. The normalized spacial score (nSPS) is 23.8. The summed E-state index contributed by atoms with van der Waals surface area (Å²) in [4.78, 5) is 64.9. The lowest BCUT2D eigenvalue weighted by atomic mass is 9.72. The highest BCUT2D eigenvalue weighted by Crippen LogP contribution is 2.54. The molecule has 388 valence electrons. The van der Waals surface area contributed by atoms with Crippen LogP contribution in [0.5, 0.6) is 17.2 Å². The number of phenolic OH excluding ortho intramolecular Hbond substituents is 2. The van der Waals surface area contributed by atoms with Gasteiger partial charge in [-0.1, -0.05) is 24.4 Å². The third kappa shape index (κ3) is 11.2. The van der Waals surface area contributed by atoms with Crippen LogP contribution in [0.15, 0.2) is 49.1 Å². The molecule has 0 radical (unpaired) electrons. The Morgan fingerprint density at radius 3 is 2.18 bits per heavy atom. The smallest absolute Gasteiger partial charge is 0.320 e. The summed E-state index contributed by atoms with van der Waals surface area (Å²) in [5.74, 6) is -3.30. The number of carbonyl (C=O) groups is 4. The van der Waals surface area contributed by atoms with Crippen molar-refractivity contribution in [1.29, 1.82) is 0 Å². The Labute approximate surface area is 428 Å². The summed E-state index contributed by atoms with van der Waals surface area (Å²) in [6.07, 6.45) is -0.855. The molecule has 2 bridgehead atoms. The first kappa shape index (κ1) is 55.5. The predicted molar refractivity (Wildman–Crippen MR) is 266 cm³/mol. The minimum atomic E-state index is -1.50. The number of benzene rings is 3. The third-order valence-corrected chi connectivity index (χ3v) is 13.3. The molecule has 72 heavy (non-hydrogen) atoms. The highest BCUT2D eigenvalue weighted by atomic mass is 35.5. The number of ether oxygens (including phenoxy) is 3. The van der Waals surface area contributed by atoms with Crippen LogP contribution in [0.25, 0.3) is 11.2 Å². The number of methoxy groups -OCH3 is 1. The van der Waals surface area contributed by atoms with Crippen LogP contribution < -0.4 is 15.4 Å². The largest absolute Gasteiger partial charge is 0.507 e. The number of nitrogens with one attached hydrogen (secondary N) is 2. The molecule has 4 heterocycles. The Balaban J connectivity index is 0.000000210. The number of rotatable bonds is 10. The number of hydrogen-bond acceptors (Lipinski definition) is 18. The molecular weight excluding hydrogens is 1000 g/mol. The number of halogens is 2. The van der Waals surface area contributed by atoms with E-state index in [0.29, 0.717) is 33.9 Å². The number of alkyl halides is 2. The van der Waals surface area contributed by atoms with E-state index in [4.69, 9.17) is 70.4 Å². The first-order valence-electron chi connectivity index (χ1n) is 22.4. The van der Waals surface area contributed by atoms with Gasteiger partial charge in [-0.05, 0) is 69.8 Å². The SMILES string of the molecule is CC(=O)O.CO[C@@H]1C[C@](C)(O)Cc2cc3c(c(O)c21)C(=O)c1c(O)cc2c(c1C3=O)O[C@@H]1O[C@@]2(C)[C@H](O)[C@@H](N(C)C)[C@@H]1O.N[C@@H](Cc1ccc(N(CCCl)CCCl)cc1)C(=O)O.S=c1nc[nH]c2nc[nH]c12. The van der Waals surface area contributed by atoms with Gasteiger partial charge in [-0.3, -0.25) is 19.2 Å². The number of aliphatic hydroxyl groups excluding tert-OH is 2. The molecule has 1 saturated heterocycles. The van der Waals surface area contributed by atoms with E-state index in [2.05, 4.69) is 24.8 Å². The molecule has 11 N–H and O–H groups in total. The van der Waals surface area contributed by atoms with Crippen molar-refractivity contribution in [3.63, 3.8) is 0 Å². The second-order valence-electron chi connectivity index (χ2n) is 18.1. The Bertz CT molecular complexity index is 2890. The number of fused-ring (bicyclic) bond motifs is 9. The molecule has 2 aliphatic carbocycles. The van der Waals surface area contributed by atoms with Gasteiger partial charge in [0.25, 0.3) is 5.97 Å². The van der Waals surface area contributed by atoms with E-state index in [-0.39, 0.29) is 46.4 Å². The number of aromatic amines is 2. The first-order chi connectivity index (χ1) is 33.9. The maximum Gasteiger partial charge on any atom is 0.320 e. The number of aromatic nitrogens is 4. The number of hydrogen-bond donors (Lipinski definition) is 10. The molecular formula is C48H57Cl2N7O14S. The second kappa shape index (κ2) is 22.5. The number of aliphatic carboxylic acids is 2. The van der Waals surface area contributed by atoms with Crippen LogP contribution in [0.2, 0.25) is 0 Å². The number of aromatic hydroxyl groups is 2. The Hall–Kier alpha value is -5.79. The average molecular weight is 1060 g/mol. The van der Waals surface area contributed by atoms with Gasteiger partial charge in [0.1, 0.15) is 46.6 Å². The van der Waals surface area contributed by atoms with Gasteiger partial charge in [0.05, 0.1) is 47.1 Å². The molecule has 3 aromatic carbocycles. The summed E-state index contributed by atoms with van der Waals surface area (Å²) in [6.45, 7) is 5.73. The number of anilines is 1. The fourth-order valence-electron chi connectivity index (χ4n) is 9.30. The molecule has 1 fully saturated rings. The summed E-state index contributed by atoms with van der Waals surface area (Å²) in [5, 5.41) is 71.5. The molecule has 21 nitrogen and oxygen atoms in total. The fraction of sp³-hybridized carbons (Fsp3) is 0.438. The number of carboxylic acids is 2. The van der Waals surface area contributed by atoms with E-state index < -0.39 is 82.9 Å². The van der Waals surface area contributed by atoms with Crippen LogP contribution >= 0.6 is 35.4 Å². The summed E-state index contributed by atoms with van der Waals surface area (Å²) >= 11 is 16.4. The molecule has 5 aromatic rings. The molecule has 9 rings (SSSR count). The quantitative estimate of drug-likeness (QED) is 0.0687. The number of imidazole rings is 1. The average Bonchev–Trinajstić information content (AvgIpc) is 3.80. The van der Waals surface area contributed by atoms with Crippen molar-refractivity contribution in [1.82, 2.24) is 24.8 Å². The molecule has 4 aliphatic rings. The number of carbonyl (C=O) groups excluding carboxylic acids is 2. The van der Waals surface area contributed by atoms with Gasteiger partial charge >= 0.3 is 5.97 Å². The molecule has 0 amide bonds. The minimum absolute atomic E-state index is 0.0835. The number of H-pyrrole nitrogens is 2. The number of carboxylic acid groups (broad SMARTS) is 2. The van der Waals surface area contributed by atoms with Gasteiger partial charge in [-0.2, -0.15) is 0 Å². The Kier molecular flexibility index (Phi) is 17.4. The number of nitrogens with two attached hydrogens (primary N) is 1. The Morgan fingerprint density at radius 2 is 1.61 bits per heavy atom. The van der Waals surface area contributed by atoms with Crippen LogP contribution in [0.3, 0.4) is 0 Å². The van der Waals surface area contributed by atoms with Crippen molar-refractivity contribution in [2.75, 3.05) is 51.0 Å². The number of aliphatic hydroxyl groups is 3. The van der Waals surface area contributed by atoms with Gasteiger partial charge < -0.3 is 75.5 Å². The maximum atomic E-state index is 14.1. The molecule has 8 atom stereocenters. The molecule has 0 spiro atoms. The number of phenols is 2. The van der Waals surface area contributed by atoms with E-state index in [9.17, 15) is 39.9 Å². The lowest BCUT2D eigenvalue weighted by Crippen LogP contribution is -2.68. The molecule has 0 saturated carbocycles. The highest BCUT2D eigenvalue weighted by molar-refractivity contribution is 7.71. The summed E-state index contributed by atoms with van der Waals surface area (Å²) < 4.78 is 18.0. The topological polar surface area (TPSA) is 327 Å². The van der Waals surface area contributed by atoms with E-state index in [1.807, 2.05) is 24.3 Å². The van der Waals surface area contributed by atoms with Gasteiger partial charge in [0.2, 0.25) is 12.1 Å². The predicted octanol–water partition coefficient (Wildman–Crippen LogP) is 3.91. The van der Waals surface area contributed by atoms with E-state index >= 15 is 0 Å². The van der Waals surface area contributed by atoms with Crippen LogP contribution in [0.4, 0.5) is 5.69 Å². The fourth-order valence-corrected chi connectivity index (χ4v) is 9.92. The summed E-state index contributed by atoms with van der Waals surface area (Å²) in [6, 6.07) is 8.67. The van der Waals surface area contributed by atoms with Crippen LogP contribution in [-0.2, 0) is 37.5 Å². The molecule has 0 unspecified atom stereocenters. The van der Waals surface area contributed by atoms with E-state index in [1.54, 1.807) is 39.2 Å². The standard InChI is InChI=1S/C28H31NO10.C13H18Cl2N2O2.C5H4N4S.C2H4O2/c1-27(36)8-10-6-11-16(21(32)15(10)14(9-27)37-5)22(33)17-13(30)7-12-24(18(17)20(11)31)38-26-23(34)19(29(3)4)25(35)28(12,2)39-26;14-5-7-17(8-6-15)11-3-1-10(2-4-11)9-12(16)13(18)19;10-5-3-4(7-1-6-3)8-2-9-5;1-2(3)4/h6-7,14,19,23,25-26,30,32,34-36H,8-9H2,1-5H3;1-4,12H,5-9,16H2,(H,18,19);1-2H,(H2,6,7,8,9,10);1H3,(H,3,4)/t14-,19+,23+,25-,26-,27-,28-;12-;;/m10../s1. The van der Waals surface area contributed by atoms with Crippen molar-refractivity contribution in [2.45, 2.75) is 87.9 Å². The van der Waals surface area contributed by atoms with Gasteiger partial charge in [0.15, 0.2) is 16.1 Å². The Morgan fingerprint density at radius 1 is 0.986 bits per heavy atom. The van der Waals surface area contributed by atoms with Crippen molar-refractivity contribution in [2.24, 2.45) is 5.73 Å². The van der Waals surface area contributed by atoms with Crippen LogP contribution in [0.1, 0.15) is 87.4 Å². The first-order valence-corrected chi connectivity index (χ1v) is 23.9. The number of nitrogens with zero attached hydrogens (tertiary/aromatic N) is 4. The second-order valence-corrected chi connectivity index (χ2v) is 19.3. The van der Waals surface area contributed by atoms with Gasteiger partial charge in [0, 0.05) is 74.1 Å². The van der Waals surface area contributed by atoms with Crippen molar-refractivity contribution in [3.8, 4) is 17.2 Å². The lowest BCUT2D eigenvalue weighted by molar-refractivity contribution is -0.311. The van der Waals surface area contributed by atoms with Gasteiger partial charge in [-0.25, -0.2) is 9.97 Å². The number of likely N-dealkylation sites (N-methyl/N-ethyl adjacent to an activating group) is 1. The van der Waals surface area contributed by atoms with Gasteiger partial charge in [-0.15, -0.1) is 23.2 Å². The van der Waals surface area contributed by atoms with Crippen molar-refractivity contribution in [3.05, 3.63) is 98.2 Å². The molecule has 24 heteroatoms. The highest BCUT2D eigenvalue weighted by Gasteiger charge is 2.59. The zero-order valence-electron chi connectivity index (χ0n) is 40.1. The lowest BCUT2D eigenvalue weighted by Gasteiger charge is -2.53. The third-order valence-electron chi connectivity index (χ3n) is 12.7. The van der Waals surface area contributed by atoms with Crippen LogP contribution in [-0.4, -0.2) is 166 Å².